The molecule has 0 fully saturated rings. The number of hydrogen-bond acceptors (Lipinski definition) is 1. The van der Waals surface area contributed by atoms with Crippen LogP contribution in [0.25, 0.3) is 54.2 Å². The molecule has 0 unspecified atom stereocenters. The maximum Gasteiger partial charge on any atom is 0.0148 e. The van der Waals surface area contributed by atoms with Crippen LogP contribution in [0.2, 0.25) is 0 Å². The first kappa shape index (κ1) is 19.6. The minimum atomic E-state index is 0.133. The lowest BCUT2D eigenvalue weighted by molar-refractivity contribution is 0.591. The fraction of sp³-hybridized carbons (Fsp3) is 0.161. The van der Waals surface area contributed by atoms with Gasteiger partial charge in [-0.05, 0) is 77.5 Å². The molecule has 0 aliphatic rings. The van der Waals surface area contributed by atoms with Crippen molar-refractivity contribution in [1.29, 1.82) is 0 Å². The fourth-order valence-electron chi connectivity index (χ4n) is 5.17. The van der Waals surface area contributed by atoms with Gasteiger partial charge in [-0.3, -0.25) is 0 Å². The Bertz CT molecular complexity index is 1610. The molecule has 0 N–H and O–H groups in total. The third kappa shape index (κ3) is 2.84. The van der Waals surface area contributed by atoms with Crippen LogP contribution in [0.1, 0.15) is 26.3 Å². The van der Waals surface area contributed by atoms with Crippen molar-refractivity contribution >= 4 is 54.9 Å². The molecule has 0 amide bonds. The fourth-order valence-corrected chi connectivity index (χ4v) is 5.77. The highest BCUT2D eigenvalue weighted by molar-refractivity contribution is 7.98. The summed E-state index contributed by atoms with van der Waals surface area (Å²) in [5.41, 5.74) is 4.15. The molecule has 6 rings (SSSR count). The standard InChI is InChI=1S/C31H26S/c1-31(2,3)22-17-20-10-9-19-11-13-25(27-14-12-21(18-22)29(20)30(19)27)24-15-16-28(32-4)26-8-6-5-7-23(24)26/h5-18H,1-4H3. The molecule has 0 spiro atoms. The van der Waals surface area contributed by atoms with Gasteiger partial charge in [-0.1, -0.05) is 99.6 Å². The Kier molecular flexibility index (Phi) is 4.29. The molecule has 0 aliphatic heterocycles. The summed E-state index contributed by atoms with van der Waals surface area (Å²) >= 11 is 1.82. The molecule has 0 bridgehead atoms. The molecule has 0 saturated carbocycles. The van der Waals surface area contributed by atoms with E-state index in [0.717, 1.165) is 0 Å². The highest BCUT2D eigenvalue weighted by Crippen LogP contribution is 2.43. The van der Waals surface area contributed by atoms with E-state index in [2.05, 4.69) is 112 Å². The average Bonchev–Trinajstić information content (AvgIpc) is 2.81. The minimum absolute atomic E-state index is 0.133. The van der Waals surface area contributed by atoms with Gasteiger partial charge in [0.15, 0.2) is 0 Å². The largest absolute Gasteiger partial charge is 0.129 e. The first-order valence-corrected chi connectivity index (χ1v) is 12.5. The molecule has 0 aliphatic carbocycles. The molecule has 0 heterocycles. The Balaban J connectivity index is 1.72. The third-order valence-electron chi connectivity index (χ3n) is 6.86. The van der Waals surface area contributed by atoms with Gasteiger partial charge in [0.1, 0.15) is 0 Å². The molecule has 0 nitrogen and oxygen atoms in total. The molecule has 32 heavy (non-hydrogen) atoms. The molecule has 6 aromatic rings. The van der Waals surface area contributed by atoms with Crippen molar-refractivity contribution in [1.82, 2.24) is 0 Å². The maximum absolute atomic E-state index is 2.39. The Morgan fingerprint density at radius 1 is 0.562 bits per heavy atom. The van der Waals surface area contributed by atoms with Crippen molar-refractivity contribution in [2.45, 2.75) is 31.1 Å². The van der Waals surface area contributed by atoms with Gasteiger partial charge in [0.05, 0.1) is 0 Å². The van der Waals surface area contributed by atoms with Crippen molar-refractivity contribution in [2.24, 2.45) is 0 Å². The predicted molar refractivity (Wildman–Crippen MR) is 144 cm³/mol. The Morgan fingerprint density at radius 3 is 1.88 bits per heavy atom. The van der Waals surface area contributed by atoms with E-state index in [1.54, 1.807) is 0 Å². The van der Waals surface area contributed by atoms with Gasteiger partial charge in [-0.25, -0.2) is 0 Å². The summed E-state index contributed by atoms with van der Waals surface area (Å²) < 4.78 is 0. The summed E-state index contributed by atoms with van der Waals surface area (Å²) in [7, 11) is 0. The number of thioether (sulfide) groups is 1. The first-order valence-electron chi connectivity index (χ1n) is 11.2. The van der Waals surface area contributed by atoms with Gasteiger partial charge >= 0.3 is 0 Å². The quantitative estimate of drug-likeness (QED) is 0.195. The van der Waals surface area contributed by atoms with Crippen LogP contribution in [0.3, 0.4) is 0 Å². The van der Waals surface area contributed by atoms with Gasteiger partial charge in [-0.2, -0.15) is 0 Å². The van der Waals surface area contributed by atoms with Gasteiger partial charge in [0.25, 0.3) is 0 Å². The summed E-state index contributed by atoms with van der Waals surface area (Å²) in [6, 6.07) is 32.0. The zero-order valence-electron chi connectivity index (χ0n) is 19.0. The number of fused-ring (bicyclic) bond motifs is 1. The van der Waals surface area contributed by atoms with Crippen LogP contribution in [0.4, 0.5) is 0 Å². The highest BCUT2D eigenvalue weighted by atomic mass is 32.2. The van der Waals surface area contributed by atoms with Gasteiger partial charge in [0, 0.05) is 4.90 Å². The van der Waals surface area contributed by atoms with Crippen molar-refractivity contribution in [3.63, 3.8) is 0 Å². The normalized spacial score (nSPS) is 12.5. The lowest BCUT2D eigenvalue weighted by Gasteiger charge is -2.22. The Hall–Kier alpha value is -3.03. The molecular formula is C31H26S. The van der Waals surface area contributed by atoms with Crippen LogP contribution >= 0.6 is 11.8 Å². The van der Waals surface area contributed by atoms with E-state index in [4.69, 9.17) is 0 Å². The molecule has 1 heteroatoms. The summed E-state index contributed by atoms with van der Waals surface area (Å²) in [6.45, 7) is 6.88. The maximum atomic E-state index is 2.39. The number of benzene rings is 6. The second kappa shape index (κ2) is 6.98. The van der Waals surface area contributed by atoms with E-state index in [9.17, 15) is 0 Å². The minimum Gasteiger partial charge on any atom is -0.129 e. The zero-order valence-corrected chi connectivity index (χ0v) is 19.8. The van der Waals surface area contributed by atoms with E-state index in [1.165, 1.54) is 64.7 Å². The summed E-state index contributed by atoms with van der Waals surface area (Å²) in [6.07, 6.45) is 2.16. The highest BCUT2D eigenvalue weighted by Gasteiger charge is 2.18. The van der Waals surface area contributed by atoms with E-state index < -0.39 is 0 Å². The lowest BCUT2D eigenvalue weighted by Crippen LogP contribution is -2.10. The van der Waals surface area contributed by atoms with Crippen LogP contribution in [0.15, 0.2) is 89.8 Å². The molecule has 0 atom stereocenters. The van der Waals surface area contributed by atoms with Crippen LogP contribution in [0.5, 0.6) is 0 Å². The molecule has 0 radical (unpaired) electrons. The topological polar surface area (TPSA) is 0 Å². The average molecular weight is 431 g/mol. The van der Waals surface area contributed by atoms with Crippen molar-refractivity contribution in [2.75, 3.05) is 6.26 Å². The van der Waals surface area contributed by atoms with Crippen LogP contribution < -0.4 is 0 Å². The number of rotatable bonds is 2. The third-order valence-corrected chi connectivity index (χ3v) is 7.66. The predicted octanol–water partition coefficient (Wildman–Crippen LogP) is 9.42. The summed E-state index contributed by atoms with van der Waals surface area (Å²) in [5, 5.41) is 10.8. The smallest absolute Gasteiger partial charge is 0.0148 e. The van der Waals surface area contributed by atoms with Crippen molar-refractivity contribution in [3.05, 3.63) is 90.5 Å². The van der Waals surface area contributed by atoms with E-state index in [-0.39, 0.29) is 5.41 Å². The van der Waals surface area contributed by atoms with Crippen LogP contribution in [-0.4, -0.2) is 6.26 Å². The second-order valence-corrected chi connectivity index (χ2v) is 10.6. The molecule has 6 aromatic carbocycles. The van der Waals surface area contributed by atoms with Crippen molar-refractivity contribution < 1.29 is 0 Å². The zero-order chi connectivity index (χ0) is 22.0. The summed E-state index contributed by atoms with van der Waals surface area (Å²) in [4.78, 5) is 1.33. The van der Waals surface area contributed by atoms with Gasteiger partial charge < -0.3 is 0 Å². The lowest BCUT2D eigenvalue weighted by atomic mass is 9.82. The first-order chi connectivity index (χ1) is 15.5. The van der Waals surface area contributed by atoms with E-state index in [1.807, 2.05) is 11.8 Å². The number of hydrogen-bond donors (Lipinski definition) is 0. The molecule has 156 valence electrons. The Labute approximate surface area is 193 Å². The second-order valence-electron chi connectivity index (χ2n) is 9.80. The van der Waals surface area contributed by atoms with Gasteiger partial charge in [0.2, 0.25) is 0 Å². The molecule has 0 saturated heterocycles. The monoisotopic (exact) mass is 430 g/mol. The van der Waals surface area contributed by atoms with Crippen LogP contribution in [0, 0.1) is 0 Å². The van der Waals surface area contributed by atoms with Crippen molar-refractivity contribution in [3.8, 4) is 11.1 Å². The van der Waals surface area contributed by atoms with Gasteiger partial charge in [-0.15, -0.1) is 11.8 Å². The van der Waals surface area contributed by atoms with E-state index >= 15 is 0 Å². The Morgan fingerprint density at radius 2 is 1.16 bits per heavy atom. The van der Waals surface area contributed by atoms with E-state index in [0.29, 0.717) is 0 Å². The molecule has 0 aromatic heterocycles. The SMILES string of the molecule is CSc1ccc(-c2ccc3ccc4cc(C(C)(C)C)cc5ccc2c3c45)c2ccccc12. The summed E-state index contributed by atoms with van der Waals surface area (Å²) in [5.74, 6) is 0. The van der Waals surface area contributed by atoms with Crippen LogP contribution in [-0.2, 0) is 5.41 Å². The molecular weight excluding hydrogens is 404 g/mol.